The molecule has 2 amide bonds. The Balaban J connectivity index is 1.45. The lowest BCUT2D eigenvalue weighted by Gasteiger charge is -2.12. The van der Waals surface area contributed by atoms with E-state index in [9.17, 15) is 18.0 Å². The van der Waals surface area contributed by atoms with E-state index in [4.69, 9.17) is 0 Å². The number of fused-ring (bicyclic) bond motifs is 1. The highest BCUT2D eigenvalue weighted by molar-refractivity contribution is 7.92. The Kier molecular flexibility index (Phi) is 6.29. The van der Waals surface area contributed by atoms with Crippen molar-refractivity contribution in [2.24, 2.45) is 0 Å². The van der Waals surface area contributed by atoms with E-state index in [1.54, 1.807) is 43.3 Å². The standard InChI is InChI=1S/C25H22N4O4S/c1-16-10-11-17(2)23(14-16)34(32,33)29-20-8-5-7-19(15-20)24(30)27-28-25(31)22-13-12-18-6-3-4-9-21(18)26-22/h3-15,29H,1-2H3,(H,27,30)(H,28,31). The number of nitrogens with one attached hydrogen (secondary N) is 3. The molecule has 0 aliphatic carbocycles. The summed E-state index contributed by atoms with van der Waals surface area (Å²) in [4.78, 5) is 29.4. The van der Waals surface area contributed by atoms with Crippen molar-refractivity contribution < 1.29 is 18.0 Å². The van der Waals surface area contributed by atoms with Crippen molar-refractivity contribution >= 4 is 38.4 Å². The lowest BCUT2D eigenvalue weighted by molar-refractivity contribution is 0.0844. The average molecular weight is 475 g/mol. The third kappa shape index (κ3) is 5.05. The SMILES string of the molecule is Cc1ccc(C)c(S(=O)(=O)Nc2cccc(C(=O)NNC(=O)c3ccc4ccccc4n3)c2)c1. The van der Waals surface area contributed by atoms with Crippen LogP contribution in [-0.4, -0.2) is 25.2 Å². The number of anilines is 1. The summed E-state index contributed by atoms with van der Waals surface area (Å²) >= 11 is 0. The number of para-hydroxylation sites is 1. The highest BCUT2D eigenvalue weighted by atomic mass is 32.2. The topological polar surface area (TPSA) is 117 Å². The first-order valence-electron chi connectivity index (χ1n) is 10.4. The number of benzene rings is 3. The number of pyridine rings is 1. The maximum Gasteiger partial charge on any atom is 0.288 e. The number of aromatic nitrogens is 1. The molecule has 0 bridgehead atoms. The molecule has 0 atom stereocenters. The quantitative estimate of drug-likeness (QED) is 0.381. The van der Waals surface area contributed by atoms with Gasteiger partial charge >= 0.3 is 0 Å². The fraction of sp³-hybridized carbons (Fsp3) is 0.0800. The summed E-state index contributed by atoms with van der Waals surface area (Å²) < 4.78 is 28.2. The summed E-state index contributed by atoms with van der Waals surface area (Å²) in [7, 11) is -3.85. The van der Waals surface area contributed by atoms with Gasteiger partial charge in [-0.1, -0.05) is 42.5 Å². The van der Waals surface area contributed by atoms with Crippen LogP contribution in [0.25, 0.3) is 10.9 Å². The maximum atomic E-state index is 12.8. The highest BCUT2D eigenvalue weighted by Crippen LogP contribution is 2.21. The number of hydrogen-bond acceptors (Lipinski definition) is 5. The van der Waals surface area contributed by atoms with Crippen molar-refractivity contribution in [1.82, 2.24) is 15.8 Å². The van der Waals surface area contributed by atoms with Crippen molar-refractivity contribution in [2.75, 3.05) is 4.72 Å². The molecule has 3 aromatic carbocycles. The molecule has 0 spiro atoms. The predicted octanol–water partition coefficient (Wildman–Crippen LogP) is 3.73. The van der Waals surface area contributed by atoms with Crippen molar-refractivity contribution in [3.8, 4) is 0 Å². The summed E-state index contributed by atoms with van der Waals surface area (Å²) in [6.07, 6.45) is 0. The van der Waals surface area contributed by atoms with Gasteiger partial charge in [0.2, 0.25) is 0 Å². The van der Waals surface area contributed by atoms with Crippen LogP contribution in [0.5, 0.6) is 0 Å². The van der Waals surface area contributed by atoms with Gasteiger partial charge in [-0.25, -0.2) is 13.4 Å². The van der Waals surface area contributed by atoms with Crippen molar-refractivity contribution in [3.63, 3.8) is 0 Å². The zero-order valence-corrected chi connectivity index (χ0v) is 19.3. The van der Waals surface area contributed by atoms with Crippen LogP contribution in [0.4, 0.5) is 5.69 Å². The molecule has 4 aromatic rings. The third-order valence-corrected chi connectivity index (χ3v) is 6.65. The van der Waals surface area contributed by atoms with E-state index in [1.165, 1.54) is 18.2 Å². The van der Waals surface area contributed by atoms with Crippen molar-refractivity contribution in [3.05, 3.63) is 101 Å². The Hall–Kier alpha value is -4.24. The lowest BCUT2D eigenvalue weighted by atomic mass is 10.2. The first-order chi connectivity index (χ1) is 16.2. The Morgan fingerprint density at radius 2 is 1.56 bits per heavy atom. The van der Waals surface area contributed by atoms with Gasteiger partial charge in [-0.3, -0.25) is 25.2 Å². The first-order valence-corrected chi connectivity index (χ1v) is 11.9. The fourth-order valence-corrected chi connectivity index (χ4v) is 4.75. The number of hydrazine groups is 1. The van der Waals surface area contributed by atoms with Crippen LogP contribution in [0.1, 0.15) is 32.0 Å². The average Bonchev–Trinajstić information content (AvgIpc) is 2.83. The first kappa shape index (κ1) is 22.9. The molecule has 0 saturated carbocycles. The molecule has 0 aliphatic heterocycles. The molecule has 3 N–H and O–H groups in total. The lowest BCUT2D eigenvalue weighted by Crippen LogP contribution is -2.42. The van der Waals surface area contributed by atoms with E-state index < -0.39 is 21.8 Å². The van der Waals surface area contributed by atoms with Gasteiger partial charge in [-0.05, 0) is 61.4 Å². The van der Waals surface area contributed by atoms with Gasteiger partial charge in [0.1, 0.15) is 5.69 Å². The number of hydrogen-bond donors (Lipinski definition) is 3. The normalized spacial score (nSPS) is 11.1. The van der Waals surface area contributed by atoms with Gasteiger partial charge in [0.05, 0.1) is 10.4 Å². The number of carbonyl (C=O) groups excluding carboxylic acids is 2. The van der Waals surface area contributed by atoms with Crippen LogP contribution in [0.2, 0.25) is 0 Å². The van der Waals surface area contributed by atoms with Crippen molar-refractivity contribution in [1.29, 1.82) is 0 Å². The summed E-state index contributed by atoms with van der Waals surface area (Å²) in [5.74, 6) is -1.19. The van der Waals surface area contributed by atoms with Crippen LogP contribution in [0.3, 0.4) is 0 Å². The number of sulfonamides is 1. The summed E-state index contributed by atoms with van der Waals surface area (Å²) in [5.41, 5.74) is 7.26. The molecule has 8 nitrogen and oxygen atoms in total. The largest absolute Gasteiger partial charge is 0.288 e. The molecule has 9 heteroatoms. The second-order valence-corrected chi connectivity index (χ2v) is 9.40. The molecule has 172 valence electrons. The molecule has 1 aromatic heterocycles. The smallest absolute Gasteiger partial charge is 0.280 e. The Morgan fingerprint density at radius 3 is 2.38 bits per heavy atom. The van der Waals surface area contributed by atoms with Crippen LogP contribution in [0.15, 0.2) is 83.8 Å². The molecule has 34 heavy (non-hydrogen) atoms. The zero-order chi connectivity index (χ0) is 24.3. The third-order valence-electron chi connectivity index (χ3n) is 5.13. The molecule has 0 saturated heterocycles. The number of carbonyl (C=O) groups is 2. The zero-order valence-electron chi connectivity index (χ0n) is 18.5. The highest BCUT2D eigenvalue weighted by Gasteiger charge is 2.18. The molecule has 4 rings (SSSR count). The Labute approximate surface area is 197 Å². The van der Waals surface area contributed by atoms with Crippen LogP contribution >= 0.6 is 0 Å². The van der Waals surface area contributed by atoms with Gasteiger partial charge in [0.25, 0.3) is 21.8 Å². The number of nitrogens with zero attached hydrogens (tertiary/aromatic N) is 1. The molecule has 0 aliphatic rings. The molecule has 0 radical (unpaired) electrons. The number of rotatable bonds is 5. The molecule has 1 heterocycles. The van der Waals surface area contributed by atoms with E-state index >= 15 is 0 Å². The number of amides is 2. The van der Waals surface area contributed by atoms with Crippen LogP contribution in [-0.2, 0) is 10.0 Å². The second-order valence-electron chi connectivity index (χ2n) is 7.75. The fourth-order valence-electron chi connectivity index (χ4n) is 3.37. The van der Waals surface area contributed by atoms with E-state index in [0.29, 0.717) is 11.1 Å². The minimum atomic E-state index is -3.85. The van der Waals surface area contributed by atoms with Crippen molar-refractivity contribution in [2.45, 2.75) is 18.7 Å². The Bertz CT molecular complexity index is 1520. The summed E-state index contributed by atoms with van der Waals surface area (Å²) in [6.45, 7) is 3.52. The maximum absolute atomic E-state index is 12.8. The van der Waals surface area contributed by atoms with Gasteiger partial charge < -0.3 is 0 Å². The molecular weight excluding hydrogens is 452 g/mol. The predicted molar refractivity (Wildman–Crippen MR) is 130 cm³/mol. The Morgan fingerprint density at radius 1 is 0.794 bits per heavy atom. The summed E-state index contributed by atoms with van der Waals surface area (Å²) in [6, 6.07) is 21.8. The van der Waals surface area contributed by atoms with E-state index in [-0.39, 0.29) is 21.8 Å². The van der Waals surface area contributed by atoms with Gasteiger partial charge in [0.15, 0.2) is 0 Å². The molecule has 0 unspecified atom stereocenters. The van der Waals surface area contributed by atoms with E-state index in [1.807, 2.05) is 31.2 Å². The van der Waals surface area contributed by atoms with Crippen LogP contribution < -0.4 is 15.6 Å². The van der Waals surface area contributed by atoms with Gasteiger partial charge in [0, 0.05) is 16.6 Å². The monoisotopic (exact) mass is 474 g/mol. The van der Waals surface area contributed by atoms with Crippen LogP contribution in [0, 0.1) is 13.8 Å². The minimum Gasteiger partial charge on any atom is -0.280 e. The van der Waals surface area contributed by atoms with Gasteiger partial charge in [-0.15, -0.1) is 0 Å². The summed E-state index contributed by atoms with van der Waals surface area (Å²) in [5, 5.41) is 0.892. The van der Waals surface area contributed by atoms with Gasteiger partial charge in [-0.2, -0.15) is 0 Å². The number of aryl methyl sites for hydroxylation is 2. The molecular formula is C25H22N4O4S. The van der Waals surface area contributed by atoms with E-state index in [0.717, 1.165) is 10.9 Å². The van der Waals surface area contributed by atoms with E-state index in [2.05, 4.69) is 20.6 Å². The second kappa shape index (κ2) is 9.32. The molecule has 0 fully saturated rings. The minimum absolute atomic E-state index is 0.147.